The van der Waals surface area contributed by atoms with Crippen LogP contribution < -0.4 is 10.5 Å². The van der Waals surface area contributed by atoms with Crippen LogP contribution in [0, 0.1) is 11.3 Å². The van der Waals surface area contributed by atoms with Gasteiger partial charge in [0, 0.05) is 6.04 Å². The molecule has 3 heteroatoms. The zero-order chi connectivity index (χ0) is 10.6. The quantitative estimate of drug-likeness (QED) is 0.793. The van der Waals surface area contributed by atoms with Crippen LogP contribution in [0.3, 0.4) is 0 Å². The smallest absolute Gasteiger partial charge is 0.181 e. The van der Waals surface area contributed by atoms with Crippen LogP contribution in [0.15, 0.2) is 24.3 Å². The maximum Gasteiger partial charge on any atom is 0.181 e. The number of hydrogen-bond acceptors (Lipinski definition) is 3. The lowest BCUT2D eigenvalue weighted by molar-refractivity contribution is 0.276. The van der Waals surface area contributed by atoms with E-state index in [1.807, 2.05) is 37.3 Å². The monoisotopic (exact) mass is 190 g/mol. The predicted octanol–water partition coefficient (Wildman–Crippen LogP) is 2.00. The van der Waals surface area contributed by atoms with Gasteiger partial charge in [0.1, 0.15) is 11.8 Å². The third kappa shape index (κ3) is 2.75. The molecule has 0 amide bonds. The molecule has 3 nitrogen and oxygen atoms in total. The first kappa shape index (κ1) is 10.6. The highest BCUT2D eigenvalue weighted by molar-refractivity contribution is 5.30. The van der Waals surface area contributed by atoms with Gasteiger partial charge in [0.2, 0.25) is 0 Å². The number of nitriles is 1. The Bertz CT molecular complexity index is 341. The van der Waals surface area contributed by atoms with Crippen LogP contribution in [0.2, 0.25) is 0 Å². The first-order valence-electron chi connectivity index (χ1n) is 4.55. The molecular formula is C11H14N2O. The Morgan fingerprint density at radius 2 is 2.14 bits per heavy atom. The lowest BCUT2D eigenvalue weighted by atomic mass is 10.1. The van der Waals surface area contributed by atoms with Gasteiger partial charge in [-0.3, -0.25) is 0 Å². The molecule has 0 saturated carbocycles. The first-order valence-corrected chi connectivity index (χ1v) is 4.55. The molecule has 0 fully saturated rings. The van der Waals surface area contributed by atoms with Crippen LogP contribution in [0.25, 0.3) is 0 Å². The summed E-state index contributed by atoms with van der Waals surface area (Å²) in [5.41, 5.74) is 6.73. The highest BCUT2D eigenvalue weighted by atomic mass is 16.5. The van der Waals surface area contributed by atoms with Gasteiger partial charge in [-0.05, 0) is 31.5 Å². The molecule has 14 heavy (non-hydrogen) atoms. The molecule has 2 N–H and O–H groups in total. The average Bonchev–Trinajstić information content (AvgIpc) is 2.18. The molecule has 2 unspecified atom stereocenters. The van der Waals surface area contributed by atoms with Gasteiger partial charge >= 0.3 is 0 Å². The maximum absolute atomic E-state index is 8.57. The van der Waals surface area contributed by atoms with E-state index in [-0.39, 0.29) is 6.04 Å². The molecule has 2 atom stereocenters. The second kappa shape index (κ2) is 4.64. The van der Waals surface area contributed by atoms with Gasteiger partial charge in [-0.2, -0.15) is 5.26 Å². The minimum atomic E-state index is -0.432. The maximum atomic E-state index is 8.57. The normalized spacial score (nSPS) is 14.1. The summed E-state index contributed by atoms with van der Waals surface area (Å²) in [5.74, 6) is 0.689. The molecule has 0 spiro atoms. The molecule has 1 aromatic carbocycles. The van der Waals surface area contributed by atoms with E-state index in [9.17, 15) is 0 Å². The van der Waals surface area contributed by atoms with Crippen LogP contribution >= 0.6 is 0 Å². The zero-order valence-corrected chi connectivity index (χ0v) is 8.40. The van der Waals surface area contributed by atoms with Crippen LogP contribution in [0.1, 0.15) is 25.5 Å². The minimum Gasteiger partial charge on any atom is -0.476 e. The highest BCUT2D eigenvalue weighted by Gasteiger charge is 2.04. The summed E-state index contributed by atoms with van der Waals surface area (Å²) in [7, 11) is 0. The van der Waals surface area contributed by atoms with Crippen molar-refractivity contribution in [2.24, 2.45) is 5.73 Å². The van der Waals surface area contributed by atoms with Crippen molar-refractivity contribution in [3.8, 4) is 11.8 Å². The van der Waals surface area contributed by atoms with Crippen molar-refractivity contribution in [3.05, 3.63) is 29.8 Å². The Kier molecular flexibility index (Phi) is 3.49. The van der Waals surface area contributed by atoms with E-state index < -0.39 is 6.10 Å². The van der Waals surface area contributed by atoms with E-state index in [0.29, 0.717) is 5.75 Å². The molecule has 0 radical (unpaired) electrons. The van der Waals surface area contributed by atoms with E-state index in [2.05, 4.69) is 0 Å². The fourth-order valence-electron chi connectivity index (χ4n) is 1.10. The molecular weight excluding hydrogens is 176 g/mol. The first-order chi connectivity index (χ1) is 6.63. The number of hydrogen-bond donors (Lipinski definition) is 1. The molecule has 0 aliphatic carbocycles. The number of nitrogens with two attached hydrogens (primary N) is 1. The van der Waals surface area contributed by atoms with Crippen LogP contribution in [0.5, 0.6) is 5.75 Å². The molecule has 0 aliphatic rings. The Morgan fingerprint density at radius 1 is 1.43 bits per heavy atom. The lowest BCUT2D eigenvalue weighted by Gasteiger charge is -2.10. The second-order valence-corrected chi connectivity index (χ2v) is 3.25. The molecule has 0 bridgehead atoms. The number of benzene rings is 1. The number of nitrogens with zero attached hydrogens (tertiary/aromatic N) is 1. The lowest BCUT2D eigenvalue weighted by Crippen LogP contribution is -2.09. The molecule has 0 aromatic heterocycles. The fourth-order valence-corrected chi connectivity index (χ4v) is 1.10. The average molecular weight is 190 g/mol. The van der Waals surface area contributed by atoms with Crippen LogP contribution in [0.4, 0.5) is 0 Å². The van der Waals surface area contributed by atoms with Crippen LogP contribution in [-0.4, -0.2) is 6.10 Å². The summed E-state index contributed by atoms with van der Waals surface area (Å²) in [5, 5.41) is 8.57. The van der Waals surface area contributed by atoms with Crippen LogP contribution in [-0.2, 0) is 0 Å². The number of rotatable bonds is 3. The predicted molar refractivity (Wildman–Crippen MR) is 54.7 cm³/mol. The Hall–Kier alpha value is -1.53. The Balaban J connectivity index is 2.79. The van der Waals surface area contributed by atoms with Gasteiger partial charge in [0.05, 0.1) is 0 Å². The molecule has 0 aliphatic heterocycles. The molecule has 1 aromatic rings. The summed E-state index contributed by atoms with van der Waals surface area (Å²) in [6.45, 7) is 3.62. The molecule has 1 rings (SSSR count). The van der Waals surface area contributed by atoms with Gasteiger partial charge in [-0.15, -0.1) is 0 Å². The number of ether oxygens (including phenoxy) is 1. The fraction of sp³-hybridized carbons (Fsp3) is 0.364. The zero-order valence-electron chi connectivity index (χ0n) is 8.40. The van der Waals surface area contributed by atoms with Crippen molar-refractivity contribution in [2.75, 3.05) is 0 Å². The molecule has 0 saturated heterocycles. The topological polar surface area (TPSA) is 59.0 Å². The summed E-state index contributed by atoms with van der Waals surface area (Å²) >= 11 is 0. The SMILES string of the molecule is CC(C#N)Oc1cccc(C(C)N)c1. The van der Waals surface area contributed by atoms with E-state index >= 15 is 0 Å². The summed E-state index contributed by atoms with van der Waals surface area (Å²) in [6.07, 6.45) is -0.432. The molecule has 0 heterocycles. The van der Waals surface area contributed by atoms with Crippen molar-refractivity contribution < 1.29 is 4.74 Å². The molecule has 74 valence electrons. The third-order valence-corrected chi connectivity index (χ3v) is 1.88. The van der Waals surface area contributed by atoms with Gasteiger partial charge in [0.15, 0.2) is 6.10 Å². The van der Waals surface area contributed by atoms with Crippen molar-refractivity contribution >= 4 is 0 Å². The Morgan fingerprint density at radius 3 is 2.71 bits per heavy atom. The summed E-state index contributed by atoms with van der Waals surface area (Å²) in [6, 6.07) is 9.48. The highest BCUT2D eigenvalue weighted by Crippen LogP contribution is 2.18. The van der Waals surface area contributed by atoms with E-state index in [1.165, 1.54) is 0 Å². The third-order valence-electron chi connectivity index (χ3n) is 1.88. The van der Waals surface area contributed by atoms with Gasteiger partial charge < -0.3 is 10.5 Å². The van der Waals surface area contributed by atoms with Crippen molar-refractivity contribution in [1.29, 1.82) is 5.26 Å². The van der Waals surface area contributed by atoms with E-state index in [4.69, 9.17) is 15.7 Å². The van der Waals surface area contributed by atoms with Crippen molar-refractivity contribution in [2.45, 2.75) is 26.0 Å². The largest absolute Gasteiger partial charge is 0.476 e. The summed E-state index contributed by atoms with van der Waals surface area (Å²) in [4.78, 5) is 0. The van der Waals surface area contributed by atoms with Gasteiger partial charge in [-0.25, -0.2) is 0 Å². The van der Waals surface area contributed by atoms with Crippen molar-refractivity contribution in [1.82, 2.24) is 0 Å². The van der Waals surface area contributed by atoms with Crippen molar-refractivity contribution in [3.63, 3.8) is 0 Å². The minimum absolute atomic E-state index is 0.0176. The van der Waals surface area contributed by atoms with E-state index in [1.54, 1.807) is 6.92 Å². The van der Waals surface area contributed by atoms with E-state index in [0.717, 1.165) is 5.56 Å². The summed E-state index contributed by atoms with van der Waals surface area (Å²) < 4.78 is 5.34. The van der Waals surface area contributed by atoms with Gasteiger partial charge in [0.25, 0.3) is 0 Å². The second-order valence-electron chi connectivity index (χ2n) is 3.25. The standard InChI is InChI=1S/C11H14N2O/c1-8(7-12)14-11-5-3-4-10(6-11)9(2)13/h3-6,8-9H,13H2,1-2H3. The van der Waals surface area contributed by atoms with Gasteiger partial charge in [-0.1, -0.05) is 12.1 Å². The Labute approximate surface area is 84.1 Å².